The third kappa shape index (κ3) is 3.97. The predicted octanol–water partition coefficient (Wildman–Crippen LogP) is 4.63. The largest absolute Gasteiger partial charge is 0.481 e. The first-order valence-corrected chi connectivity index (χ1v) is 9.57. The molecule has 1 aliphatic heterocycles. The third-order valence-corrected chi connectivity index (χ3v) is 5.15. The van der Waals surface area contributed by atoms with Crippen molar-refractivity contribution in [3.8, 4) is 0 Å². The highest BCUT2D eigenvalue weighted by Gasteiger charge is 2.29. The Morgan fingerprint density at radius 3 is 2.21 bits per heavy atom. The Labute approximate surface area is 169 Å². The maximum atomic E-state index is 13.6. The SMILES string of the molecule is O=C(O)C1/C=C(/c2ccccc2)N(Cc2ccccc2)C(=O)c2ccccc2C1. The van der Waals surface area contributed by atoms with Crippen molar-refractivity contribution in [3.05, 3.63) is 113 Å². The van der Waals surface area contributed by atoms with E-state index >= 15 is 0 Å². The number of fused-ring (bicyclic) bond motifs is 1. The van der Waals surface area contributed by atoms with Crippen LogP contribution in [0.25, 0.3) is 5.70 Å². The summed E-state index contributed by atoms with van der Waals surface area (Å²) < 4.78 is 0. The van der Waals surface area contributed by atoms with Crippen LogP contribution >= 0.6 is 0 Å². The first-order valence-electron chi connectivity index (χ1n) is 9.57. The molecule has 3 aromatic carbocycles. The zero-order valence-electron chi connectivity index (χ0n) is 15.9. The van der Waals surface area contributed by atoms with Crippen molar-refractivity contribution in [3.63, 3.8) is 0 Å². The van der Waals surface area contributed by atoms with E-state index in [0.29, 0.717) is 17.8 Å². The summed E-state index contributed by atoms with van der Waals surface area (Å²) in [6, 6.07) is 26.5. The van der Waals surface area contributed by atoms with Gasteiger partial charge in [-0.15, -0.1) is 0 Å². The predicted molar refractivity (Wildman–Crippen MR) is 112 cm³/mol. The molecule has 0 aromatic heterocycles. The van der Waals surface area contributed by atoms with Crippen LogP contribution in [-0.2, 0) is 17.8 Å². The van der Waals surface area contributed by atoms with E-state index < -0.39 is 11.9 Å². The second-order valence-electron chi connectivity index (χ2n) is 7.10. The molecule has 29 heavy (non-hydrogen) atoms. The van der Waals surface area contributed by atoms with Crippen LogP contribution in [0.1, 0.15) is 27.0 Å². The van der Waals surface area contributed by atoms with E-state index in [9.17, 15) is 14.7 Å². The van der Waals surface area contributed by atoms with Gasteiger partial charge in [0.15, 0.2) is 0 Å². The Kier molecular flexibility index (Phi) is 5.25. The number of amides is 1. The molecule has 0 spiro atoms. The fraction of sp³-hybridized carbons (Fsp3) is 0.120. The minimum Gasteiger partial charge on any atom is -0.481 e. The smallest absolute Gasteiger partial charge is 0.310 e. The van der Waals surface area contributed by atoms with Gasteiger partial charge in [-0.2, -0.15) is 0 Å². The van der Waals surface area contributed by atoms with E-state index in [4.69, 9.17) is 0 Å². The minimum atomic E-state index is -0.901. The highest BCUT2D eigenvalue weighted by Crippen LogP contribution is 2.30. The molecule has 1 atom stereocenters. The van der Waals surface area contributed by atoms with Crippen LogP contribution in [0, 0.1) is 5.92 Å². The number of hydrogen-bond donors (Lipinski definition) is 1. The number of carbonyl (C=O) groups is 2. The second kappa shape index (κ2) is 8.15. The molecule has 1 heterocycles. The number of rotatable bonds is 4. The Bertz CT molecular complexity index is 1060. The zero-order valence-corrected chi connectivity index (χ0v) is 15.9. The van der Waals surface area contributed by atoms with Crippen molar-refractivity contribution in [1.29, 1.82) is 0 Å². The van der Waals surface area contributed by atoms with E-state index in [2.05, 4.69) is 0 Å². The van der Waals surface area contributed by atoms with Crippen molar-refractivity contribution >= 4 is 17.6 Å². The number of carboxylic acids is 1. The summed E-state index contributed by atoms with van der Waals surface area (Å²) in [4.78, 5) is 27.3. The number of carbonyl (C=O) groups excluding carboxylic acids is 1. The molecule has 4 heteroatoms. The Balaban J connectivity index is 1.89. The number of carboxylic acid groups (broad SMARTS) is 1. The van der Waals surface area contributed by atoms with Crippen molar-refractivity contribution in [2.75, 3.05) is 0 Å². The molecule has 1 N–H and O–H groups in total. The van der Waals surface area contributed by atoms with Gasteiger partial charge in [0.1, 0.15) is 0 Å². The summed E-state index contributed by atoms with van der Waals surface area (Å²) in [7, 11) is 0. The summed E-state index contributed by atoms with van der Waals surface area (Å²) >= 11 is 0. The molecule has 1 aliphatic rings. The summed E-state index contributed by atoms with van der Waals surface area (Å²) in [5.74, 6) is -1.75. The van der Waals surface area contributed by atoms with Crippen LogP contribution in [0.4, 0.5) is 0 Å². The number of aliphatic carboxylic acids is 1. The van der Waals surface area contributed by atoms with Crippen LogP contribution < -0.4 is 0 Å². The minimum absolute atomic E-state index is 0.122. The molecular formula is C25H21NO3. The second-order valence-corrected chi connectivity index (χ2v) is 7.10. The van der Waals surface area contributed by atoms with Gasteiger partial charge in [0.05, 0.1) is 12.5 Å². The number of nitrogens with zero attached hydrogens (tertiary/aromatic N) is 1. The Morgan fingerprint density at radius 2 is 1.52 bits per heavy atom. The van der Waals surface area contributed by atoms with Gasteiger partial charge in [0, 0.05) is 11.3 Å². The Morgan fingerprint density at radius 1 is 0.897 bits per heavy atom. The van der Waals surface area contributed by atoms with E-state index in [0.717, 1.165) is 16.7 Å². The van der Waals surface area contributed by atoms with Gasteiger partial charge in [0.25, 0.3) is 5.91 Å². The van der Waals surface area contributed by atoms with Gasteiger partial charge in [-0.05, 0) is 35.3 Å². The lowest BCUT2D eigenvalue weighted by molar-refractivity contribution is -0.140. The number of hydrogen-bond acceptors (Lipinski definition) is 2. The summed E-state index contributed by atoms with van der Waals surface area (Å²) in [6.45, 7) is 0.362. The lowest BCUT2D eigenvalue weighted by Crippen LogP contribution is -2.33. The van der Waals surface area contributed by atoms with E-state index in [1.165, 1.54) is 0 Å². The van der Waals surface area contributed by atoms with Gasteiger partial charge < -0.3 is 10.0 Å². The highest BCUT2D eigenvalue weighted by molar-refractivity contribution is 6.01. The standard InChI is InChI=1S/C25H21NO3/c27-24-22-14-8-7-13-20(22)15-21(25(28)29)16-23(19-11-5-2-6-12-19)26(24)17-18-9-3-1-4-10-18/h1-14,16,21H,15,17H2,(H,28,29)/b23-16-. The van der Waals surface area contributed by atoms with E-state index in [-0.39, 0.29) is 12.3 Å². The molecular weight excluding hydrogens is 362 g/mol. The average molecular weight is 383 g/mol. The summed E-state index contributed by atoms with van der Waals surface area (Å²) in [5.41, 5.74) is 3.74. The average Bonchev–Trinajstić information content (AvgIpc) is 2.75. The van der Waals surface area contributed by atoms with Crippen LogP contribution in [-0.4, -0.2) is 21.9 Å². The molecule has 0 saturated carbocycles. The summed E-state index contributed by atoms with van der Waals surface area (Å²) in [6.07, 6.45) is 2.00. The van der Waals surface area contributed by atoms with Crippen molar-refractivity contribution in [2.45, 2.75) is 13.0 Å². The van der Waals surface area contributed by atoms with E-state index in [1.54, 1.807) is 17.0 Å². The highest BCUT2D eigenvalue weighted by atomic mass is 16.4. The molecule has 4 rings (SSSR count). The molecule has 0 radical (unpaired) electrons. The molecule has 0 bridgehead atoms. The monoisotopic (exact) mass is 383 g/mol. The van der Waals surface area contributed by atoms with Gasteiger partial charge in [-0.1, -0.05) is 78.9 Å². The lowest BCUT2D eigenvalue weighted by atomic mass is 9.90. The van der Waals surface area contributed by atoms with Crippen LogP contribution in [0.2, 0.25) is 0 Å². The number of benzene rings is 3. The fourth-order valence-corrected chi connectivity index (χ4v) is 3.68. The molecule has 3 aromatic rings. The van der Waals surface area contributed by atoms with Crippen molar-refractivity contribution in [2.24, 2.45) is 5.92 Å². The van der Waals surface area contributed by atoms with Gasteiger partial charge in [0.2, 0.25) is 0 Å². The zero-order chi connectivity index (χ0) is 20.2. The Hall–Kier alpha value is -3.66. The fourth-order valence-electron chi connectivity index (χ4n) is 3.68. The molecule has 1 amide bonds. The topological polar surface area (TPSA) is 57.6 Å². The molecule has 4 nitrogen and oxygen atoms in total. The third-order valence-electron chi connectivity index (χ3n) is 5.15. The van der Waals surface area contributed by atoms with Gasteiger partial charge >= 0.3 is 5.97 Å². The van der Waals surface area contributed by atoms with E-state index in [1.807, 2.05) is 78.9 Å². The van der Waals surface area contributed by atoms with Crippen LogP contribution in [0.5, 0.6) is 0 Å². The van der Waals surface area contributed by atoms with Crippen LogP contribution in [0.3, 0.4) is 0 Å². The van der Waals surface area contributed by atoms with Gasteiger partial charge in [-0.3, -0.25) is 9.59 Å². The van der Waals surface area contributed by atoms with Crippen molar-refractivity contribution < 1.29 is 14.7 Å². The maximum absolute atomic E-state index is 13.6. The summed E-state index contributed by atoms with van der Waals surface area (Å²) in [5, 5.41) is 9.84. The normalized spacial score (nSPS) is 18.2. The molecule has 0 fully saturated rings. The molecule has 0 saturated heterocycles. The maximum Gasteiger partial charge on any atom is 0.310 e. The molecule has 1 unspecified atom stereocenters. The van der Waals surface area contributed by atoms with Crippen molar-refractivity contribution in [1.82, 2.24) is 4.90 Å². The van der Waals surface area contributed by atoms with Gasteiger partial charge in [-0.25, -0.2) is 0 Å². The first-order chi connectivity index (χ1) is 14.1. The quantitative estimate of drug-likeness (QED) is 0.715. The molecule has 144 valence electrons. The van der Waals surface area contributed by atoms with Crippen LogP contribution in [0.15, 0.2) is 91.0 Å². The first kappa shape index (κ1) is 18.7. The lowest BCUT2D eigenvalue weighted by Gasteiger charge is -2.30. The molecule has 0 aliphatic carbocycles.